The number of nitrogens with zero attached hydrogens (tertiary/aromatic N) is 1. The first-order valence-corrected chi connectivity index (χ1v) is 10.7. The lowest BCUT2D eigenvalue weighted by atomic mass is 10.2. The molecule has 0 fully saturated rings. The molecular formula is C25H22ClN3O6. The summed E-state index contributed by atoms with van der Waals surface area (Å²) in [7, 11) is 2.96. The molecule has 0 radical (unpaired) electrons. The average Bonchev–Trinajstić information content (AvgIpc) is 2.88. The average molecular weight is 496 g/mol. The molecule has 0 aliphatic heterocycles. The van der Waals surface area contributed by atoms with Crippen molar-refractivity contribution < 1.29 is 28.6 Å². The lowest BCUT2D eigenvalue weighted by Crippen LogP contribution is -2.34. The fourth-order valence-electron chi connectivity index (χ4n) is 2.83. The van der Waals surface area contributed by atoms with E-state index in [0.29, 0.717) is 39.0 Å². The topological polar surface area (TPSA) is 115 Å². The molecule has 180 valence electrons. The molecule has 10 heteroatoms. The molecule has 0 bridgehead atoms. The summed E-state index contributed by atoms with van der Waals surface area (Å²) in [5.41, 5.74) is 3.68. The summed E-state index contributed by atoms with van der Waals surface area (Å²) in [6.45, 7) is -0.274. The van der Waals surface area contributed by atoms with Crippen molar-refractivity contribution >= 4 is 35.6 Å². The van der Waals surface area contributed by atoms with E-state index in [9.17, 15) is 14.4 Å². The van der Waals surface area contributed by atoms with Crippen LogP contribution in [0.2, 0.25) is 5.02 Å². The van der Waals surface area contributed by atoms with E-state index < -0.39 is 17.8 Å². The normalized spacial score (nSPS) is 10.5. The summed E-state index contributed by atoms with van der Waals surface area (Å²) in [5, 5.41) is 6.88. The van der Waals surface area contributed by atoms with Crippen molar-refractivity contribution in [3.8, 4) is 17.2 Å². The highest BCUT2D eigenvalue weighted by molar-refractivity contribution is 6.30. The van der Waals surface area contributed by atoms with Crippen LogP contribution in [0.15, 0.2) is 71.8 Å². The fraction of sp³-hybridized carbons (Fsp3) is 0.120. The number of benzene rings is 3. The minimum absolute atomic E-state index is 0.274. The van der Waals surface area contributed by atoms with E-state index in [0.717, 1.165) is 0 Å². The zero-order valence-corrected chi connectivity index (χ0v) is 19.7. The highest BCUT2D eigenvalue weighted by Crippen LogP contribution is 2.27. The standard InChI is InChI=1S/C25H22ClN3O6/c1-33-21-12-7-18(13-22(21)34-2)24(31)27-15-23(30)29-28-14-16-3-10-20(11-4-16)35-25(32)17-5-8-19(26)9-6-17/h3-14H,15H2,1-2H3,(H,27,31)(H,29,30)/b28-14+. The van der Waals surface area contributed by atoms with Crippen LogP contribution in [0, 0.1) is 0 Å². The van der Waals surface area contributed by atoms with E-state index in [4.69, 9.17) is 25.8 Å². The number of halogens is 1. The van der Waals surface area contributed by atoms with E-state index in [1.807, 2.05) is 0 Å². The number of ether oxygens (including phenoxy) is 3. The molecule has 0 saturated carbocycles. The van der Waals surface area contributed by atoms with Crippen molar-refractivity contribution in [2.45, 2.75) is 0 Å². The molecule has 0 spiro atoms. The van der Waals surface area contributed by atoms with Crippen molar-refractivity contribution in [1.82, 2.24) is 10.7 Å². The lowest BCUT2D eigenvalue weighted by molar-refractivity contribution is -0.120. The predicted octanol–water partition coefficient (Wildman–Crippen LogP) is 3.46. The van der Waals surface area contributed by atoms with E-state index in [1.165, 1.54) is 26.5 Å². The van der Waals surface area contributed by atoms with E-state index in [-0.39, 0.29) is 6.54 Å². The Morgan fingerprint density at radius 2 is 1.54 bits per heavy atom. The van der Waals surface area contributed by atoms with Crippen LogP contribution in [0.5, 0.6) is 17.2 Å². The van der Waals surface area contributed by atoms with Crippen LogP contribution in [0.3, 0.4) is 0 Å². The Hall–Kier alpha value is -4.37. The Bertz CT molecular complexity index is 1230. The minimum atomic E-state index is -0.511. The number of hydrogen-bond acceptors (Lipinski definition) is 7. The fourth-order valence-corrected chi connectivity index (χ4v) is 2.96. The van der Waals surface area contributed by atoms with Gasteiger partial charge in [0.1, 0.15) is 5.75 Å². The number of hydrazone groups is 1. The molecule has 0 atom stereocenters. The van der Waals surface area contributed by atoms with Crippen LogP contribution in [0.1, 0.15) is 26.3 Å². The van der Waals surface area contributed by atoms with Gasteiger partial charge >= 0.3 is 5.97 Å². The summed E-state index contributed by atoms with van der Waals surface area (Å²) in [6, 6.07) is 17.6. The van der Waals surface area contributed by atoms with Gasteiger partial charge in [-0.2, -0.15) is 5.10 Å². The summed E-state index contributed by atoms with van der Waals surface area (Å²) in [4.78, 5) is 36.4. The summed E-state index contributed by atoms with van der Waals surface area (Å²) in [6.07, 6.45) is 1.42. The molecule has 0 saturated heterocycles. The summed E-state index contributed by atoms with van der Waals surface area (Å²) in [5.74, 6) is -0.226. The number of carbonyl (C=O) groups is 3. The van der Waals surface area contributed by atoms with Gasteiger partial charge in [-0.15, -0.1) is 0 Å². The molecule has 9 nitrogen and oxygen atoms in total. The van der Waals surface area contributed by atoms with Crippen molar-refractivity contribution in [3.63, 3.8) is 0 Å². The third-order valence-corrected chi connectivity index (χ3v) is 4.88. The molecule has 0 aliphatic carbocycles. The van der Waals surface area contributed by atoms with Crippen LogP contribution < -0.4 is 25.0 Å². The molecule has 0 aliphatic rings. The number of nitrogens with one attached hydrogen (secondary N) is 2. The quantitative estimate of drug-likeness (QED) is 0.203. The predicted molar refractivity (Wildman–Crippen MR) is 130 cm³/mol. The second kappa shape index (κ2) is 12.2. The van der Waals surface area contributed by atoms with Gasteiger partial charge in [0, 0.05) is 10.6 Å². The maximum atomic E-state index is 12.3. The maximum Gasteiger partial charge on any atom is 0.343 e. The Labute approximate surface area is 206 Å². The second-order valence-electron chi connectivity index (χ2n) is 7.01. The lowest BCUT2D eigenvalue weighted by Gasteiger charge is -2.09. The minimum Gasteiger partial charge on any atom is -0.493 e. The zero-order chi connectivity index (χ0) is 25.2. The van der Waals surface area contributed by atoms with Gasteiger partial charge in [0.25, 0.3) is 11.8 Å². The molecule has 0 aromatic heterocycles. The highest BCUT2D eigenvalue weighted by Gasteiger charge is 2.12. The van der Waals surface area contributed by atoms with E-state index >= 15 is 0 Å². The summed E-state index contributed by atoms with van der Waals surface area (Å²) < 4.78 is 15.6. The van der Waals surface area contributed by atoms with E-state index in [2.05, 4.69) is 15.8 Å². The molecule has 3 aromatic carbocycles. The molecule has 2 N–H and O–H groups in total. The van der Waals surface area contributed by atoms with Crippen molar-refractivity contribution in [2.24, 2.45) is 5.10 Å². The van der Waals surface area contributed by atoms with Crippen LogP contribution in [0.25, 0.3) is 0 Å². The highest BCUT2D eigenvalue weighted by atomic mass is 35.5. The Balaban J connectivity index is 1.46. The van der Waals surface area contributed by atoms with Gasteiger partial charge in [-0.25, -0.2) is 10.2 Å². The molecule has 0 heterocycles. The Kier molecular flexibility index (Phi) is 8.80. The van der Waals surface area contributed by atoms with Crippen molar-refractivity contribution in [3.05, 3.63) is 88.4 Å². The molecule has 0 unspecified atom stereocenters. The number of amides is 2. The molecule has 35 heavy (non-hydrogen) atoms. The number of rotatable bonds is 9. The first kappa shape index (κ1) is 25.3. The largest absolute Gasteiger partial charge is 0.493 e. The van der Waals surface area contributed by atoms with Gasteiger partial charge in [0.2, 0.25) is 0 Å². The maximum absolute atomic E-state index is 12.3. The smallest absolute Gasteiger partial charge is 0.343 e. The monoisotopic (exact) mass is 495 g/mol. The van der Waals surface area contributed by atoms with Crippen LogP contribution in [0.4, 0.5) is 0 Å². The zero-order valence-electron chi connectivity index (χ0n) is 18.9. The first-order chi connectivity index (χ1) is 16.9. The van der Waals surface area contributed by atoms with Gasteiger partial charge < -0.3 is 19.5 Å². The molecule has 3 rings (SSSR count). The van der Waals surface area contributed by atoms with Gasteiger partial charge in [0.05, 0.1) is 32.5 Å². The summed E-state index contributed by atoms with van der Waals surface area (Å²) >= 11 is 5.81. The number of esters is 1. The Morgan fingerprint density at radius 3 is 2.20 bits per heavy atom. The van der Waals surface area contributed by atoms with Crippen LogP contribution >= 0.6 is 11.6 Å². The third-order valence-electron chi connectivity index (χ3n) is 4.63. The van der Waals surface area contributed by atoms with Crippen LogP contribution in [-0.2, 0) is 4.79 Å². The van der Waals surface area contributed by atoms with Gasteiger partial charge in [-0.05, 0) is 72.3 Å². The second-order valence-corrected chi connectivity index (χ2v) is 7.45. The third kappa shape index (κ3) is 7.31. The molecular weight excluding hydrogens is 474 g/mol. The van der Waals surface area contributed by atoms with Crippen molar-refractivity contribution in [2.75, 3.05) is 20.8 Å². The number of hydrogen-bond donors (Lipinski definition) is 2. The van der Waals surface area contributed by atoms with Crippen molar-refractivity contribution in [1.29, 1.82) is 0 Å². The van der Waals surface area contributed by atoms with Gasteiger partial charge in [-0.1, -0.05) is 11.6 Å². The molecule has 2 amide bonds. The number of carbonyl (C=O) groups excluding carboxylic acids is 3. The van der Waals surface area contributed by atoms with Gasteiger partial charge in [0.15, 0.2) is 11.5 Å². The van der Waals surface area contributed by atoms with Crippen LogP contribution in [-0.4, -0.2) is 44.8 Å². The SMILES string of the molecule is COc1ccc(C(=O)NCC(=O)N/N=C/c2ccc(OC(=O)c3ccc(Cl)cc3)cc2)cc1OC. The Morgan fingerprint density at radius 1 is 0.886 bits per heavy atom. The molecule has 3 aromatic rings. The number of methoxy groups -OCH3 is 2. The first-order valence-electron chi connectivity index (χ1n) is 10.3. The van der Waals surface area contributed by atoms with Gasteiger partial charge in [-0.3, -0.25) is 9.59 Å². The van der Waals surface area contributed by atoms with E-state index in [1.54, 1.807) is 60.7 Å².